The van der Waals surface area contributed by atoms with E-state index >= 15 is 0 Å². The Morgan fingerprint density at radius 3 is 2.50 bits per heavy atom. The predicted octanol–water partition coefficient (Wildman–Crippen LogP) is 4.35. The molecule has 0 fully saturated rings. The van der Waals surface area contributed by atoms with Crippen molar-refractivity contribution < 1.29 is 8.42 Å². The fraction of sp³-hybridized carbons (Fsp3) is 0.333. The maximum absolute atomic E-state index is 13.1. The Morgan fingerprint density at radius 2 is 1.81 bits per heavy atom. The van der Waals surface area contributed by atoms with Gasteiger partial charge in [0.05, 0.1) is 4.90 Å². The third kappa shape index (κ3) is 2.85. The molecular weight excluding hydrogens is 344 g/mol. The first-order valence-corrected chi connectivity index (χ1v) is 10.5. The molecule has 0 bridgehead atoms. The van der Waals surface area contributed by atoms with Crippen LogP contribution in [0.2, 0.25) is 0 Å². The molecule has 0 spiro atoms. The van der Waals surface area contributed by atoms with Gasteiger partial charge in [0, 0.05) is 36.1 Å². The fourth-order valence-electron chi connectivity index (χ4n) is 3.69. The number of H-pyrrole nitrogens is 1. The molecule has 0 aliphatic carbocycles. The highest BCUT2D eigenvalue weighted by Gasteiger charge is 2.30. The minimum atomic E-state index is -3.48. The zero-order valence-electron chi connectivity index (χ0n) is 15.4. The monoisotopic (exact) mass is 368 g/mol. The second kappa shape index (κ2) is 6.25. The normalized spacial score (nSPS) is 15.5. The number of fused-ring (bicyclic) bond motifs is 3. The predicted molar refractivity (Wildman–Crippen MR) is 105 cm³/mol. The van der Waals surface area contributed by atoms with Crippen LogP contribution >= 0.6 is 0 Å². The summed E-state index contributed by atoms with van der Waals surface area (Å²) in [5.41, 5.74) is 5.71. The number of nitrogens with zero attached hydrogens (tertiary/aromatic N) is 1. The van der Waals surface area contributed by atoms with Crippen molar-refractivity contribution >= 4 is 20.9 Å². The van der Waals surface area contributed by atoms with Gasteiger partial charge in [-0.2, -0.15) is 4.31 Å². The Balaban J connectivity index is 1.68. The number of hydrogen-bond acceptors (Lipinski definition) is 2. The van der Waals surface area contributed by atoms with Gasteiger partial charge in [0.2, 0.25) is 10.0 Å². The molecule has 0 unspecified atom stereocenters. The average molecular weight is 369 g/mol. The van der Waals surface area contributed by atoms with E-state index in [-0.39, 0.29) is 0 Å². The zero-order valence-corrected chi connectivity index (χ0v) is 16.2. The maximum Gasteiger partial charge on any atom is 0.243 e. The van der Waals surface area contributed by atoms with Gasteiger partial charge in [-0.25, -0.2) is 8.42 Å². The number of aromatic nitrogens is 1. The molecule has 1 N–H and O–H groups in total. The quantitative estimate of drug-likeness (QED) is 0.747. The van der Waals surface area contributed by atoms with E-state index in [1.807, 2.05) is 12.1 Å². The van der Waals surface area contributed by atoms with Gasteiger partial charge in [0.25, 0.3) is 0 Å². The van der Waals surface area contributed by atoms with Crippen LogP contribution in [-0.2, 0) is 23.0 Å². The molecule has 3 aromatic rings. The number of aromatic amines is 1. The smallest absolute Gasteiger partial charge is 0.243 e. The average Bonchev–Trinajstić information content (AvgIpc) is 2.98. The first kappa shape index (κ1) is 17.3. The molecule has 2 heterocycles. The number of sulfonamides is 1. The van der Waals surface area contributed by atoms with Crippen LogP contribution in [0.15, 0.2) is 47.4 Å². The van der Waals surface area contributed by atoms with Crippen LogP contribution in [0.3, 0.4) is 0 Å². The fourth-order valence-corrected chi connectivity index (χ4v) is 5.10. The summed E-state index contributed by atoms with van der Waals surface area (Å²) in [6, 6.07) is 13.6. The highest BCUT2D eigenvalue weighted by atomic mass is 32.2. The molecule has 1 aliphatic rings. The number of hydrogen-bond donors (Lipinski definition) is 1. The number of rotatable bonds is 3. The molecule has 4 rings (SSSR count). The molecule has 5 heteroatoms. The second-order valence-corrected chi connectivity index (χ2v) is 9.38. The van der Waals surface area contributed by atoms with Crippen LogP contribution in [0, 0.1) is 6.92 Å². The van der Waals surface area contributed by atoms with E-state index in [0.29, 0.717) is 30.3 Å². The standard InChI is InChI=1S/C21H24N2O2S/c1-14(2)16-5-7-17(8-6-16)26(24,25)23-11-10-20-19(13-23)18-9-4-15(3)12-21(18)22-20/h4-9,12,14,22H,10-11,13H2,1-3H3. The van der Waals surface area contributed by atoms with Crippen LogP contribution in [-0.4, -0.2) is 24.3 Å². The Hall–Kier alpha value is -2.11. The van der Waals surface area contributed by atoms with Crippen molar-refractivity contribution in [2.24, 2.45) is 0 Å². The summed E-state index contributed by atoms with van der Waals surface area (Å²) >= 11 is 0. The van der Waals surface area contributed by atoms with E-state index in [2.05, 4.69) is 44.0 Å². The van der Waals surface area contributed by atoms with Crippen LogP contribution in [0.5, 0.6) is 0 Å². The summed E-state index contributed by atoms with van der Waals surface area (Å²) in [7, 11) is -3.48. The van der Waals surface area contributed by atoms with Gasteiger partial charge in [0.1, 0.15) is 0 Å². The minimum absolute atomic E-state index is 0.376. The molecule has 1 aliphatic heterocycles. The summed E-state index contributed by atoms with van der Waals surface area (Å²) in [6.07, 6.45) is 0.715. The lowest BCUT2D eigenvalue weighted by molar-refractivity contribution is 0.391. The molecule has 2 aromatic carbocycles. The van der Waals surface area contributed by atoms with Crippen molar-refractivity contribution in [1.82, 2.24) is 9.29 Å². The van der Waals surface area contributed by atoms with Crippen LogP contribution in [0.25, 0.3) is 10.9 Å². The molecule has 0 saturated carbocycles. The Morgan fingerprint density at radius 1 is 1.08 bits per heavy atom. The van der Waals surface area contributed by atoms with E-state index in [4.69, 9.17) is 0 Å². The summed E-state index contributed by atoms with van der Waals surface area (Å²) in [4.78, 5) is 3.84. The summed E-state index contributed by atoms with van der Waals surface area (Å²) in [6.45, 7) is 7.21. The molecule has 136 valence electrons. The van der Waals surface area contributed by atoms with Gasteiger partial charge in [-0.15, -0.1) is 0 Å². The summed E-state index contributed by atoms with van der Waals surface area (Å²) in [5.74, 6) is 0.388. The largest absolute Gasteiger partial charge is 0.358 e. The van der Waals surface area contributed by atoms with Gasteiger partial charge < -0.3 is 4.98 Å². The highest BCUT2D eigenvalue weighted by Crippen LogP contribution is 2.31. The molecule has 0 amide bonds. The van der Waals surface area contributed by atoms with Crippen LogP contribution in [0.1, 0.15) is 42.1 Å². The van der Waals surface area contributed by atoms with Gasteiger partial charge in [0.15, 0.2) is 0 Å². The SMILES string of the molecule is Cc1ccc2c3c([nH]c2c1)CCN(S(=O)(=O)c1ccc(C(C)C)cc1)C3. The lowest BCUT2D eigenvalue weighted by Crippen LogP contribution is -2.35. The van der Waals surface area contributed by atoms with E-state index < -0.39 is 10.0 Å². The lowest BCUT2D eigenvalue weighted by Gasteiger charge is -2.26. The van der Waals surface area contributed by atoms with E-state index in [9.17, 15) is 8.42 Å². The van der Waals surface area contributed by atoms with Gasteiger partial charge in [-0.3, -0.25) is 0 Å². The zero-order chi connectivity index (χ0) is 18.5. The molecule has 1 aromatic heterocycles. The summed E-state index contributed by atoms with van der Waals surface area (Å²) in [5, 5.41) is 1.13. The third-order valence-electron chi connectivity index (χ3n) is 5.28. The van der Waals surface area contributed by atoms with Crippen LogP contribution in [0.4, 0.5) is 0 Å². The Kier molecular flexibility index (Phi) is 4.16. The first-order chi connectivity index (χ1) is 12.4. The summed E-state index contributed by atoms with van der Waals surface area (Å²) < 4.78 is 27.8. The number of aryl methyl sites for hydroxylation is 1. The number of nitrogens with one attached hydrogen (secondary N) is 1. The topological polar surface area (TPSA) is 53.2 Å². The first-order valence-electron chi connectivity index (χ1n) is 9.06. The lowest BCUT2D eigenvalue weighted by atomic mass is 10.0. The van der Waals surface area contributed by atoms with Crippen LogP contribution < -0.4 is 0 Å². The second-order valence-electron chi connectivity index (χ2n) is 7.44. The van der Waals surface area contributed by atoms with Crippen molar-refractivity contribution in [3.05, 3.63) is 64.8 Å². The number of benzene rings is 2. The van der Waals surface area contributed by atoms with Crippen molar-refractivity contribution in [3.63, 3.8) is 0 Å². The van der Waals surface area contributed by atoms with E-state index in [0.717, 1.165) is 27.7 Å². The van der Waals surface area contributed by atoms with E-state index in [1.54, 1.807) is 16.4 Å². The Bertz CT molecular complexity index is 1060. The Labute approximate surface area is 154 Å². The van der Waals surface area contributed by atoms with Crippen molar-refractivity contribution in [3.8, 4) is 0 Å². The van der Waals surface area contributed by atoms with Crippen molar-refractivity contribution in [2.75, 3.05) is 6.54 Å². The minimum Gasteiger partial charge on any atom is -0.358 e. The third-order valence-corrected chi connectivity index (χ3v) is 7.14. The maximum atomic E-state index is 13.1. The molecule has 0 saturated heterocycles. The van der Waals surface area contributed by atoms with Gasteiger partial charge >= 0.3 is 0 Å². The molecule has 0 radical (unpaired) electrons. The van der Waals surface area contributed by atoms with Crippen molar-refractivity contribution in [1.29, 1.82) is 0 Å². The van der Waals surface area contributed by atoms with Gasteiger partial charge in [-0.05, 0) is 47.7 Å². The molecule has 0 atom stereocenters. The molecule has 26 heavy (non-hydrogen) atoms. The molecular formula is C21H24N2O2S. The van der Waals surface area contributed by atoms with Crippen molar-refractivity contribution in [2.45, 2.75) is 44.6 Å². The van der Waals surface area contributed by atoms with Gasteiger partial charge in [-0.1, -0.05) is 38.1 Å². The molecule has 4 nitrogen and oxygen atoms in total. The highest BCUT2D eigenvalue weighted by molar-refractivity contribution is 7.89. The van der Waals surface area contributed by atoms with E-state index in [1.165, 1.54) is 5.56 Å².